The lowest BCUT2D eigenvalue weighted by Crippen LogP contribution is -2.35. The molecule has 0 unspecified atom stereocenters. The number of anilines is 1. The molecule has 1 fully saturated rings. The Bertz CT molecular complexity index is 548. The molecule has 0 aromatic carbocycles. The number of aryl methyl sites for hydroxylation is 1. The van der Waals surface area contributed by atoms with Gasteiger partial charge in [0.05, 0.1) is 0 Å². The van der Waals surface area contributed by atoms with Gasteiger partial charge in [-0.05, 0) is 60.4 Å². The summed E-state index contributed by atoms with van der Waals surface area (Å²) in [6.45, 7) is 1.98. The Morgan fingerprint density at radius 2 is 1.95 bits per heavy atom. The van der Waals surface area contributed by atoms with E-state index in [-0.39, 0.29) is 23.7 Å². The number of carbonyl (C=O) groups is 2. The molecule has 0 saturated heterocycles. The van der Waals surface area contributed by atoms with Crippen molar-refractivity contribution in [2.24, 2.45) is 11.8 Å². The Morgan fingerprint density at radius 1 is 1.29 bits per heavy atom. The van der Waals surface area contributed by atoms with Crippen LogP contribution in [0.4, 0.5) is 5.82 Å². The summed E-state index contributed by atoms with van der Waals surface area (Å²) in [7, 11) is 1.64. The molecule has 1 saturated carbocycles. The van der Waals surface area contributed by atoms with Gasteiger partial charge in [-0.3, -0.25) is 9.59 Å². The molecule has 1 aliphatic carbocycles. The summed E-state index contributed by atoms with van der Waals surface area (Å²) in [6, 6.07) is 1.87. The van der Waals surface area contributed by atoms with Crippen LogP contribution in [0.15, 0.2) is 12.3 Å². The number of hydrogen-bond donors (Lipinski definition) is 2. The first kappa shape index (κ1) is 16.2. The zero-order chi connectivity index (χ0) is 15.4. The van der Waals surface area contributed by atoms with Gasteiger partial charge in [-0.25, -0.2) is 4.98 Å². The zero-order valence-corrected chi connectivity index (χ0v) is 14.4. The molecule has 6 heteroatoms. The standard InChI is InChI=1S/C15H20IN3O2/c1-9-8-18-13(7-12(9)16)19-15(21)11-5-3-4-10(6-11)14(20)17-2/h7-8,10-11H,3-6H2,1-2H3,(H,17,20)(H,18,19,21)/t10-,11+/m1/s1. The third-order valence-electron chi connectivity index (χ3n) is 3.95. The molecular formula is C15H20IN3O2. The van der Waals surface area contributed by atoms with E-state index < -0.39 is 0 Å². The molecule has 2 N–H and O–H groups in total. The minimum absolute atomic E-state index is 0.0317. The highest BCUT2D eigenvalue weighted by Crippen LogP contribution is 2.30. The summed E-state index contributed by atoms with van der Waals surface area (Å²) in [4.78, 5) is 28.3. The maximum Gasteiger partial charge on any atom is 0.228 e. The fourth-order valence-corrected chi connectivity index (χ4v) is 3.10. The maximum atomic E-state index is 12.3. The van der Waals surface area contributed by atoms with E-state index in [2.05, 4.69) is 38.2 Å². The second-order valence-corrected chi connectivity index (χ2v) is 6.64. The van der Waals surface area contributed by atoms with Crippen molar-refractivity contribution in [1.29, 1.82) is 0 Å². The van der Waals surface area contributed by atoms with E-state index in [1.165, 1.54) is 0 Å². The fourth-order valence-electron chi connectivity index (χ4n) is 2.67. The quantitative estimate of drug-likeness (QED) is 0.765. The van der Waals surface area contributed by atoms with Crippen LogP contribution in [0.3, 0.4) is 0 Å². The van der Waals surface area contributed by atoms with Crippen molar-refractivity contribution in [3.8, 4) is 0 Å². The largest absolute Gasteiger partial charge is 0.359 e. The smallest absolute Gasteiger partial charge is 0.228 e. The van der Waals surface area contributed by atoms with Crippen molar-refractivity contribution < 1.29 is 9.59 Å². The first-order chi connectivity index (χ1) is 10.0. The number of carbonyl (C=O) groups excluding carboxylic acids is 2. The fraction of sp³-hybridized carbons (Fsp3) is 0.533. The normalized spacial score (nSPS) is 21.7. The van der Waals surface area contributed by atoms with E-state index in [0.29, 0.717) is 12.2 Å². The van der Waals surface area contributed by atoms with E-state index in [0.717, 1.165) is 28.4 Å². The Kier molecular flexibility index (Phi) is 5.55. The predicted octanol–water partition coefficient (Wildman–Crippen LogP) is 2.49. The monoisotopic (exact) mass is 401 g/mol. The van der Waals surface area contributed by atoms with Gasteiger partial charge in [0, 0.05) is 28.7 Å². The third kappa shape index (κ3) is 4.15. The van der Waals surface area contributed by atoms with Crippen molar-refractivity contribution in [2.45, 2.75) is 32.6 Å². The maximum absolute atomic E-state index is 12.3. The molecule has 1 heterocycles. The van der Waals surface area contributed by atoms with E-state index >= 15 is 0 Å². The molecule has 2 atom stereocenters. The van der Waals surface area contributed by atoms with E-state index in [1.807, 2.05) is 13.0 Å². The minimum atomic E-state index is -0.109. The summed E-state index contributed by atoms with van der Waals surface area (Å²) in [5.41, 5.74) is 1.09. The van der Waals surface area contributed by atoms with E-state index in [9.17, 15) is 9.59 Å². The van der Waals surface area contributed by atoms with E-state index in [4.69, 9.17) is 0 Å². The van der Waals surface area contributed by atoms with Crippen molar-refractivity contribution >= 4 is 40.2 Å². The molecule has 0 radical (unpaired) electrons. The third-order valence-corrected chi connectivity index (χ3v) is 5.11. The average Bonchev–Trinajstić information content (AvgIpc) is 2.50. The van der Waals surface area contributed by atoms with E-state index in [1.54, 1.807) is 13.2 Å². The van der Waals surface area contributed by atoms with Crippen LogP contribution in [0.1, 0.15) is 31.2 Å². The summed E-state index contributed by atoms with van der Waals surface area (Å²) in [5.74, 6) is 0.427. The van der Waals surface area contributed by atoms with Crippen molar-refractivity contribution in [3.05, 3.63) is 21.4 Å². The number of aromatic nitrogens is 1. The minimum Gasteiger partial charge on any atom is -0.359 e. The first-order valence-electron chi connectivity index (χ1n) is 7.16. The first-order valence-corrected chi connectivity index (χ1v) is 8.23. The Morgan fingerprint density at radius 3 is 2.57 bits per heavy atom. The van der Waals surface area contributed by atoms with Crippen molar-refractivity contribution in [1.82, 2.24) is 10.3 Å². The topological polar surface area (TPSA) is 71.1 Å². The lowest BCUT2D eigenvalue weighted by atomic mass is 9.80. The number of amides is 2. The number of halogens is 1. The Labute approximate surface area is 138 Å². The van der Waals surface area contributed by atoms with Crippen LogP contribution in [-0.4, -0.2) is 23.8 Å². The summed E-state index contributed by atoms with van der Waals surface area (Å²) in [6.07, 6.45) is 4.99. The molecule has 1 aliphatic rings. The molecular weight excluding hydrogens is 381 g/mol. The molecule has 0 spiro atoms. The van der Waals surface area contributed by atoms with Gasteiger partial charge in [0.15, 0.2) is 0 Å². The molecule has 0 bridgehead atoms. The highest BCUT2D eigenvalue weighted by atomic mass is 127. The molecule has 1 aromatic heterocycles. The van der Waals surface area contributed by atoms with Crippen LogP contribution in [0.5, 0.6) is 0 Å². The van der Waals surface area contributed by atoms with Gasteiger partial charge in [-0.15, -0.1) is 0 Å². The second kappa shape index (κ2) is 7.20. The molecule has 21 heavy (non-hydrogen) atoms. The second-order valence-electron chi connectivity index (χ2n) is 5.48. The van der Waals surface area contributed by atoms with Gasteiger partial charge >= 0.3 is 0 Å². The van der Waals surface area contributed by atoms with Crippen LogP contribution in [0.25, 0.3) is 0 Å². The molecule has 5 nitrogen and oxygen atoms in total. The highest BCUT2D eigenvalue weighted by Gasteiger charge is 2.30. The summed E-state index contributed by atoms with van der Waals surface area (Å²) in [5, 5.41) is 5.54. The van der Waals surface area contributed by atoms with Gasteiger partial charge in [-0.2, -0.15) is 0 Å². The molecule has 0 aliphatic heterocycles. The Hall–Kier alpha value is -1.18. The van der Waals surface area contributed by atoms with Crippen molar-refractivity contribution in [2.75, 3.05) is 12.4 Å². The van der Waals surface area contributed by atoms with Crippen LogP contribution >= 0.6 is 22.6 Å². The number of pyridine rings is 1. The number of nitrogens with zero attached hydrogens (tertiary/aromatic N) is 1. The zero-order valence-electron chi connectivity index (χ0n) is 12.3. The number of nitrogens with one attached hydrogen (secondary N) is 2. The summed E-state index contributed by atoms with van der Waals surface area (Å²) >= 11 is 2.22. The number of hydrogen-bond acceptors (Lipinski definition) is 3. The van der Waals surface area contributed by atoms with Crippen molar-refractivity contribution in [3.63, 3.8) is 0 Å². The van der Waals surface area contributed by atoms with Gasteiger partial charge in [0.25, 0.3) is 0 Å². The molecule has 114 valence electrons. The van der Waals surface area contributed by atoms with Crippen LogP contribution in [-0.2, 0) is 9.59 Å². The van der Waals surface area contributed by atoms with Crippen LogP contribution in [0, 0.1) is 22.3 Å². The lowest BCUT2D eigenvalue weighted by Gasteiger charge is -2.27. The lowest BCUT2D eigenvalue weighted by molar-refractivity contribution is -0.127. The van der Waals surface area contributed by atoms with Gasteiger partial charge in [0.2, 0.25) is 11.8 Å². The van der Waals surface area contributed by atoms with Gasteiger partial charge < -0.3 is 10.6 Å². The van der Waals surface area contributed by atoms with Gasteiger partial charge in [-0.1, -0.05) is 6.42 Å². The highest BCUT2D eigenvalue weighted by molar-refractivity contribution is 14.1. The molecule has 2 amide bonds. The van der Waals surface area contributed by atoms with Gasteiger partial charge in [0.1, 0.15) is 5.82 Å². The van der Waals surface area contributed by atoms with Crippen LogP contribution in [0.2, 0.25) is 0 Å². The summed E-state index contributed by atoms with van der Waals surface area (Å²) < 4.78 is 1.07. The number of rotatable bonds is 3. The average molecular weight is 401 g/mol. The molecule has 2 rings (SSSR count). The van der Waals surface area contributed by atoms with Crippen LogP contribution < -0.4 is 10.6 Å². The molecule has 1 aromatic rings. The Balaban J connectivity index is 1.99. The predicted molar refractivity (Wildman–Crippen MR) is 89.8 cm³/mol. The SMILES string of the molecule is CNC(=O)[C@@H]1CCC[C@H](C(=O)Nc2cc(I)c(C)cn2)C1.